The van der Waals surface area contributed by atoms with Gasteiger partial charge in [-0.1, -0.05) is 43.3 Å². The van der Waals surface area contributed by atoms with Crippen LogP contribution in [0.3, 0.4) is 0 Å². The summed E-state index contributed by atoms with van der Waals surface area (Å²) in [4.78, 5) is 0. The number of allylic oxidation sites excluding steroid dienone is 1. The highest BCUT2D eigenvalue weighted by atomic mass is 19.4. The Hall–Kier alpha value is -3.02. The largest absolute Gasteiger partial charge is 0.409 e. The average Bonchev–Trinajstić information content (AvgIpc) is 2.66. The van der Waals surface area contributed by atoms with Crippen LogP contribution in [0.15, 0.2) is 60.7 Å². The van der Waals surface area contributed by atoms with Crippen molar-refractivity contribution < 1.29 is 26.3 Å². The lowest BCUT2D eigenvalue weighted by molar-refractivity contribution is -0.0790. The Morgan fingerprint density at radius 1 is 0.724 bits per heavy atom. The number of hydrogen-bond donors (Lipinski definition) is 0. The summed E-state index contributed by atoms with van der Waals surface area (Å²) in [6.07, 6.45) is -3.35. The van der Waals surface area contributed by atoms with Crippen LogP contribution < -0.4 is 0 Å². The second-order valence-electron chi connectivity index (χ2n) is 6.47. The van der Waals surface area contributed by atoms with Crippen LogP contribution in [0.25, 0.3) is 28.3 Å². The summed E-state index contributed by atoms with van der Waals surface area (Å²) in [6.45, 7) is 1.90. The molecule has 0 fully saturated rings. The van der Waals surface area contributed by atoms with Gasteiger partial charge in [0, 0.05) is 22.8 Å². The summed E-state index contributed by atoms with van der Waals surface area (Å²) in [5.41, 5.74) is 1.35. The minimum Gasteiger partial charge on any atom is -0.206 e. The van der Waals surface area contributed by atoms with Crippen LogP contribution in [0, 0.1) is 17.5 Å². The smallest absolute Gasteiger partial charge is 0.206 e. The van der Waals surface area contributed by atoms with E-state index < -0.39 is 23.6 Å². The van der Waals surface area contributed by atoms with Gasteiger partial charge < -0.3 is 0 Å². The van der Waals surface area contributed by atoms with E-state index in [2.05, 4.69) is 0 Å². The number of benzene rings is 3. The molecule has 3 aromatic carbocycles. The Morgan fingerprint density at radius 2 is 1.28 bits per heavy atom. The number of rotatable bonds is 4. The molecule has 0 heterocycles. The molecule has 3 aromatic rings. The van der Waals surface area contributed by atoms with Gasteiger partial charge in [-0.2, -0.15) is 13.2 Å². The zero-order valence-electron chi connectivity index (χ0n) is 15.3. The van der Waals surface area contributed by atoms with Gasteiger partial charge in [0.1, 0.15) is 17.5 Å². The molecule has 0 nitrogen and oxygen atoms in total. The van der Waals surface area contributed by atoms with Crippen LogP contribution in [0.2, 0.25) is 0 Å². The second-order valence-corrected chi connectivity index (χ2v) is 6.47. The van der Waals surface area contributed by atoms with Gasteiger partial charge in [0.25, 0.3) is 0 Å². The van der Waals surface area contributed by atoms with E-state index in [-0.39, 0.29) is 28.3 Å². The van der Waals surface area contributed by atoms with Crippen molar-refractivity contribution in [2.24, 2.45) is 0 Å². The molecule has 0 aromatic heterocycles. The Morgan fingerprint density at radius 3 is 1.79 bits per heavy atom. The van der Waals surface area contributed by atoms with Crippen molar-refractivity contribution in [2.75, 3.05) is 0 Å². The fourth-order valence-corrected chi connectivity index (χ4v) is 2.94. The standard InChI is InChI=1S/C23H16F6/c1-2-14-3-7-18(21(25)11-14)17-6-8-19(22(26)13-17)16-5-4-15(20(24)12-16)9-10-23(27,28)29/h3-13H,2H2,1H3/b10-9+. The molecule has 29 heavy (non-hydrogen) atoms. The molecule has 0 saturated carbocycles. The second kappa shape index (κ2) is 8.15. The third kappa shape index (κ3) is 4.88. The summed E-state index contributed by atoms with van der Waals surface area (Å²) in [5, 5.41) is 0. The molecule has 0 spiro atoms. The Bertz CT molecular complexity index is 1060. The summed E-state index contributed by atoms with van der Waals surface area (Å²) < 4.78 is 79.7. The first kappa shape index (κ1) is 20.7. The maximum atomic E-state index is 14.6. The fourth-order valence-electron chi connectivity index (χ4n) is 2.94. The first-order chi connectivity index (χ1) is 13.7. The van der Waals surface area contributed by atoms with Crippen LogP contribution in [0.4, 0.5) is 26.3 Å². The van der Waals surface area contributed by atoms with Gasteiger partial charge in [0.15, 0.2) is 0 Å². The topological polar surface area (TPSA) is 0 Å². The molecule has 0 unspecified atom stereocenters. The van der Waals surface area contributed by atoms with Crippen LogP contribution in [-0.4, -0.2) is 6.18 Å². The summed E-state index contributed by atoms with van der Waals surface area (Å²) in [7, 11) is 0. The van der Waals surface area contributed by atoms with E-state index in [1.165, 1.54) is 24.3 Å². The minimum absolute atomic E-state index is 0.0598. The lowest BCUT2D eigenvalue weighted by Crippen LogP contribution is -2.00. The molecule has 150 valence electrons. The van der Waals surface area contributed by atoms with E-state index in [1.54, 1.807) is 12.1 Å². The molecule has 0 N–H and O–H groups in total. The third-order valence-corrected chi connectivity index (χ3v) is 4.49. The SMILES string of the molecule is CCc1ccc(-c2ccc(-c3ccc(/C=C/C(F)(F)F)c(F)c3)c(F)c2)c(F)c1. The van der Waals surface area contributed by atoms with Crippen molar-refractivity contribution in [1.82, 2.24) is 0 Å². The molecular formula is C23H16F6. The van der Waals surface area contributed by atoms with Crippen molar-refractivity contribution in [3.05, 3.63) is 89.3 Å². The molecule has 0 radical (unpaired) electrons. The molecule has 0 bridgehead atoms. The van der Waals surface area contributed by atoms with Crippen LogP contribution in [0.5, 0.6) is 0 Å². The van der Waals surface area contributed by atoms with Crippen molar-refractivity contribution >= 4 is 6.08 Å². The van der Waals surface area contributed by atoms with Gasteiger partial charge in [-0.05, 0) is 47.4 Å². The average molecular weight is 406 g/mol. The maximum Gasteiger partial charge on any atom is 0.409 e. The van der Waals surface area contributed by atoms with Crippen molar-refractivity contribution in [3.8, 4) is 22.3 Å². The molecule has 0 aliphatic rings. The Kier molecular flexibility index (Phi) is 5.82. The predicted octanol–water partition coefficient (Wildman–Crippen LogP) is 7.58. The fraction of sp³-hybridized carbons (Fsp3) is 0.130. The quantitative estimate of drug-likeness (QED) is 0.392. The number of alkyl halides is 3. The normalized spacial score (nSPS) is 12.0. The van der Waals surface area contributed by atoms with Gasteiger partial charge in [0.2, 0.25) is 0 Å². The van der Waals surface area contributed by atoms with Crippen molar-refractivity contribution in [2.45, 2.75) is 19.5 Å². The van der Waals surface area contributed by atoms with Crippen LogP contribution >= 0.6 is 0 Å². The molecule has 0 saturated heterocycles. The summed E-state index contributed by atoms with van der Waals surface area (Å²) in [5.74, 6) is -2.07. The molecule has 0 atom stereocenters. The van der Waals surface area contributed by atoms with E-state index in [4.69, 9.17) is 0 Å². The lowest BCUT2D eigenvalue weighted by Gasteiger charge is -2.10. The number of hydrogen-bond acceptors (Lipinski definition) is 0. The molecule has 6 heteroatoms. The zero-order valence-corrected chi connectivity index (χ0v) is 15.3. The lowest BCUT2D eigenvalue weighted by atomic mass is 9.97. The van der Waals surface area contributed by atoms with E-state index in [0.29, 0.717) is 18.1 Å². The highest BCUT2D eigenvalue weighted by Gasteiger charge is 2.22. The molecule has 0 aliphatic carbocycles. The Balaban J connectivity index is 1.93. The van der Waals surface area contributed by atoms with Gasteiger partial charge in [-0.25, -0.2) is 13.2 Å². The zero-order chi connectivity index (χ0) is 21.2. The third-order valence-electron chi connectivity index (χ3n) is 4.49. The predicted molar refractivity (Wildman–Crippen MR) is 102 cm³/mol. The van der Waals surface area contributed by atoms with Gasteiger partial charge in [-0.3, -0.25) is 0 Å². The summed E-state index contributed by atoms with van der Waals surface area (Å²) in [6, 6.07) is 12.2. The first-order valence-electron chi connectivity index (χ1n) is 8.82. The van der Waals surface area contributed by atoms with Crippen molar-refractivity contribution in [1.29, 1.82) is 0 Å². The molecular weight excluding hydrogens is 390 g/mol. The van der Waals surface area contributed by atoms with Gasteiger partial charge >= 0.3 is 6.18 Å². The van der Waals surface area contributed by atoms with E-state index in [1.807, 2.05) is 6.92 Å². The van der Waals surface area contributed by atoms with Crippen LogP contribution in [0.1, 0.15) is 18.1 Å². The summed E-state index contributed by atoms with van der Waals surface area (Å²) >= 11 is 0. The highest BCUT2D eigenvalue weighted by molar-refractivity contribution is 5.72. The molecule has 0 aliphatic heterocycles. The van der Waals surface area contributed by atoms with Gasteiger partial charge in [0.05, 0.1) is 0 Å². The number of aryl methyl sites for hydroxylation is 1. The monoisotopic (exact) mass is 406 g/mol. The van der Waals surface area contributed by atoms with Gasteiger partial charge in [-0.15, -0.1) is 0 Å². The van der Waals surface area contributed by atoms with Crippen molar-refractivity contribution in [3.63, 3.8) is 0 Å². The minimum atomic E-state index is -4.56. The molecule has 3 rings (SSSR count). The molecule has 0 amide bonds. The van der Waals surface area contributed by atoms with E-state index in [0.717, 1.165) is 23.8 Å². The maximum absolute atomic E-state index is 14.6. The number of halogens is 6. The van der Waals surface area contributed by atoms with E-state index in [9.17, 15) is 26.3 Å². The Labute approximate surface area is 164 Å². The van der Waals surface area contributed by atoms with Crippen LogP contribution in [-0.2, 0) is 6.42 Å². The highest BCUT2D eigenvalue weighted by Crippen LogP contribution is 2.31. The first-order valence-corrected chi connectivity index (χ1v) is 8.82. The van der Waals surface area contributed by atoms with E-state index >= 15 is 0 Å².